The lowest BCUT2D eigenvalue weighted by molar-refractivity contribution is -0.120. The molecule has 2 atom stereocenters. The number of likely N-dealkylation sites (N-methyl/N-ethyl adjacent to an activating group) is 1. The number of aromatic amines is 2. The van der Waals surface area contributed by atoms with Crippen molar-refractivity contribution in [3.63, 3.8) is 0 Å². The largest absolute Gasteiger partial charge is 0.329 e. The lowest BCUT2D eigenvalue weighted by Gasteiger charge is -2.22. The first-order chi connectivity index (χ1) is 21.2. The van der Waals surface area contributed by atoms with E-state index in [0.29, 0.717) is 22.1 Å². The number of nitrogens with one attached hydrogen (secondary N) is 4. The Kier molecular flexibility index (Phi) is 9.46. The van der Waals surface area contributed by atoms with Gasteiger partial charge < -0.3 is 26.3 Å². The molecule has 0 aliphatic heterocycles. The predicted molar refractivity (Wildman–Crippen MR) is 178 cm³/mol. The quantitative estimate of drug-likeness (QED) is 0.167. The molecular weight excluding hydrogens is 597 g/mol. The summed E-state index contributed by atoms with van der Waals surface area (Å²) in [6.45, 7) is 0. The number of hydrogen-bond acceptors (Lipinski definition) is 8. The standard InChI is InChI=1S/C17H17N3O2S.C15H13N3O2S/c1-20(2)15(12-6-8-23-10-12)17(22)19-13-3-4-14-11(9-13)5-7-18-16(14)21;16-13(10-4-6-21-8-10)15(20)18-11-1-2-12-9(7-11)3-5-17-14(12)19/h3-10,15H,1-2H3,(H,18,21)(H,19,22);1-8,13H,16H2,(H,17,19)(H,18,20)/t15-;13-/m11/s1. The molecule has 4 heterocycles. The molecule has 0 bridgehead atoms. The summed E-state index contributed by atoms with van der Waals surface area (Å²) in [5, 5.41) is 16.1. The number of nitrogens with two attached hydrogens (primary N) is 1. The SMILES string of the molecule is CN(C)[C@@H](C(=O)Nc1ccc2c(=O)[nH]ccc2c1)c1ccsc1.N[C@@H](C(=O)Nc1ccc2c(=O)[nH]ccc2c1)c1ccsc1. The first-order valence-corrected chi connectivity index (χ1v) is 15.4. The number of aromatic nitrogens is 2. The number of carbonyl (C=O) groups excluding carboxylic acids is 2. The summed E-state index contributed by atoms with van der Waals surface area (Å²) < 4.78 is 0. The second kappa shape index (κ2) is 13.6. The molecule has 0 saturated carbocycles. The molecule has 0 aliphatic carbocycles. The van der Waals surface area contributed by atoms with Crippen molar-refractivity contribution >= 4 is 67.4 Å². The van der Waals surface area contributed by atoms with Crippen molar-refractivity contribution in [1.82, 2.24) is 14.9 Å². The smallest absolute Gasteiger partial charge is 0.255 e. The highest BCUT2D eigenvalue weighted by Gasteiger charge is 2.23. The highest BCUT2D eigenvalue weighted by molar-refractivity contribution is 7.08. The minimum absolute atomic E-state index is 0.0995. The van der Waals surface area contributed by atoms with Crippen LogP contribution < -0.4 is 27.5 Å². The van der Waals surface area contributed by atoms with Crippen LogP contribution in [0.5, 0.6) is 0 Å². The summed E-state index contributed by atoms with van der Waals surface area (Å²) in [6, 6.07) is 16.7. The van der Waals surface area contributed by atoms with Crippen LogP contribution in [-0.2, 0) is 9.59 Å². The van der Waals surface area contributed by atoms with E-state index in [9.17, 15) is 19.2 Å². The zero-order chi connectivity index (χ0) is 31.2. The molecule has 0 spiro atoms. The first kappa shape index (κ1) is 30.6. The molecule has 10 nitrogen and oxygen atoms in total. The molecule has 2 aromatic carbocycles. The van der Waals surface area contributed by atoms with Gasteiger partial charge in [0.2, 0.25) is 11.8 Å². The van der Waals surface area contributed by atoms with Crippen molar-refractivity contribution in [1.29, 1.82) is 0 Å². The van der Waals surface area contributed by atoms with Crippen LogP contribution in [0.25, 0.3) is 21.5 Å². The topological polar surface area (TPSA) is 153 Å². The number of hydrogen-bond donors (Lipinski definition) is 5. The van der Waals surface area contributed by atoms with Gasteiger partial charge in [0, 0.05) is 34.5 Å². The molecule has 0 unspecified atom stereocenters. The fourth-order valence-electron chi connectivity index (χ4n) is 4.69. The second-order valence-corrected chi connectivity index (χ2v) is 11.7. The minimum atomic E-state index is -0.703. The molecule has 6 N–H and O–H groups in total. The summed E-state index contributed by atoms with van der Waals surface area (Å²) in [4.78, 5) is 55.2. The summed E-state index contributed by atoms with van der Waals surface area (Å²) in [5.41, 5.74) is 8.67. The van der Waals surface area contributed by atoms with Gasteiger partial charge >= 0.3 is 0 Å². The van der Waals surface area contributed by atoms with E-state index in [1.165, 1.54) is 11.3 Å². The summed E-state index contributed by atoms with van der Waals surface area (Å²) >= 11 is 3.06. The molecule has 0 aliphatic rings. The van der Waals surface area contributed by atoms with Crippen LogP contribution in [-0.4, -0.2) is 40.8 Å². The molecule has 2 amide bonds. The number of pyridine rings is 2. The summed E-state index contributed by atoms with van der Waals surface area (Å²) in [5.74, 6) is -0.379. The number of rotatable bonds is 7. The highest BCUT2D eigenvalue weighted by Crippen LogP contribution is 2.24. The molecule has 4 aromatic heterocycles. The molecule has 44 heavy (non-hydrogen) atoms. The average molecular weight is 627 g/mol. The third-order valence-electron chi connectivity index (χ3n) is 6.89. The second-order valence-electron chi connectivity index (χ2n) is 10.2. The van der Waals surface area contributed by atoms with Crippen molar-refractivity contribution in [2.45, 2.75) is 12.1 Å². The maximum absolute atomic E-state index is 12.6. The van der Waals surface area contributed by atoms with Crippen molar-refractivity contribution in [2.24, 2.45) is 5.73 Å². The molecular formula is C32H30N6O4S2. The number of fused-ring (bicyclic) bond motifs is 2. The Bertz CT molecular complexity index is 2020. The number of carbonyl (C=O) groups is 2. The van der Waals surface area contributed by atoms with E-state index in [0.717, 1.165) is 21.9 Å². The zero-order valence-electron chi connectivity index (χ0n) is 23.9. The number of thiophene rings is 2. The average Bonchev–Trinajstić information content (AvgIpc) is 3.73. The van der Waals surface area contributed by atoms with Gasteiger partial charge in [0.15, 0.2) is 0 Å². The van der Waals surface area contributed by atoms with Crippen LogP contribution in [0.15, 0.2) is 104 Å². The van der Waals surface area contributed by atoms with Gasteiger partial charge in [0.1, 0.15) is 12.1 Å². The van der Waals surface area contributed by atoms with E-state index in [-0.39, 0.29) is 29.0 Å². The fourth-order valence-corrected chi connectivity index (χ4v) is 6.06. The zero-order valence-corrected chi connectivity index (χ0v) is 25.5. The number of benzene rings is 2. The van der Waals surface area contributed by atoms with Gasteiger partial charge in [-0.25, -0.2) is 0 Å². The van der Waals surface area contributed by atoms with E-state index in [1.54, 1.807) is 60.1 Å². The van der Waals surface area contributed by atoms with Crippen molar-refractivity contribution < 1.29 is 9.59 Å². The predicted octanol–water partition coefficient (Wildman–Crippen LogP) is 5.06. The van der Waals surface area contributed by atoms with E-state index < -0.39 is 6.04 Å². The fraction of sp³-hybridized carbons (Fsp3) is 0.125. The Morgan fingerprint density at radius 3 is 1.70 bits per heavy atom. The van der Waals surface area contributed by atoms with Gasteiger partial charge in [-0.3, -0.25) is 24.1 Å². The van der Waals surface area contributed by atoms with Gasteiger partial charge in [-0.1, -0.05) is 0 Å². The third-order valence-corrected chi connectivity index (χ3v) is 8.29. The van der Waals surface area contributed by atoms with Crippen molar-refractivity contribution in [3.05, 3.63) is 126 Å². The molecule has 0 fully saturated rings. The van der Waals surface area contributed by atoms with Gasteiger partial charge in [0.25, 0.3) is 11.1 Å². The number of nitrogens with zero attached hydrogens (tertiary/aromatic N) is 1. The molecule has 0 saturated heterocycles. The van der Waals surface area contributed by atoms with Crippen LogP contribution in [0.1, 0.15) is 23.2 Å². The maximum atomic E-state index is 12.6. The van der Waals surface area contributed by atoms with Crippen LogP contribution in [0.3, 0.4) is 0 Å². The van der Waals surface area contributed by atoms with E-state index in [1.807, 2.05) is 64.8 Å². The van der Waals surface area contributed by atoms with E-state index >= 15 is 0 Å². The Morgan fingerprint density at radius 2 is 1.23 bits per heavy atom. The van der Waals surface area contributed by atoms with Gasteiger partial charge in [-0.05, 0) is 118 Å². The number of H-pyrrole nitrogens is 2. The molecule has 12 heteroatoms. The Labute approximate surface area is 260 Å². The van der Waals surface area contributed by atoms with Crippen LogP contribution in [0.4, 0.5) is 11.4 Å². The normalized spacial score (nSPS) is 12.4. The minimum Gasteiger partial charge on any atom is -0.329 e. The Balaban J connectivity index is 0.000000175. The molecule has 224 valence electrons. The summed E-state index contributed by atoms with van der Waals surface area (Å²) in [6.07, 6.45) is 3.18. The molecule has 6 rings (SSSR count). The van der Waals surface area contributed by atoms with E-state index in [4.69, 9.17) is 5.73 Å². The van der Waals surface area contributed by atoms with E-state index in [2.05, 4.69) is 20.6 Å². The van der Waals surface area contributed by atoms with Crippen molar-refractivity contribution in [3.8, 4) is 0 Å². The maximum Gasteiger partial charge on any atom is 0.255 e. The van der Waals surface area contributed by atoms with Crippen molar-refractivity contribution in [2.75, 3.05) is 24.7 Å². The van der Waals surface area contributed by atoms with Gasteiger partial charge in [-0.15, -0.1) is 0 Å². The summed E-state index contributed by atoms with van der Waals surface area (Å²) in [7, 11) is 3.75. The highest BCUT2D eigenvalue weighted by atomic mass is 32.1. The van der Waals surface area contributed by atoms with Gasteiger partial charge in [-0.2, -0.15) is 22.7 Å². The number of amides is 2. The Hall–Kier alpha value is -4.88. The lowest BCUT2D eigenvalue weighted by Crippen LogP contribution is -2.31. The van der Waals surface area contributed by atoms with Crippen LogP contribution in [0.2, 0.25) is 0 Å². The molecule has 0 radical (unpaired) electrons. The molecule has 6 aromatic rings. The Morgan fingerprint density at radius 1 is 0.727 bits per heavy atom. The number of anilines is 2. The van der Waals surface area contributed by atoms with Crippen LogP contribution in [0, 0.1) is 0 Å². The first-order valence-electron chi connectivity index (χ1n) is 13.5. The van der Waals surface area contributed by atoms with Crippen LogP contribution >= 0.6 is 22.7 Å². The lowest BCUT2D eigenvalue weighted by atomic mass is 10.1. The van der Waals surface area contributed by atoms with Gasteiger partial charge in [0.05, 0.1) is 0 Å². The monoisotopic (exact) mass is 626 g/mol. The third kappa shape index (κ3) is 7.01.